The smallest absolute Gasteiger partial charge is 0.331 e. The second-order valence-corrected chi connectivity index (χ2v) is 4.92. The lowest BCUT2D eigenvalue weighted by molar-refractivity contribution is -0.144. The third-order valence-electron chi connectivity index (χ3n) is 2.56. The molecule has 0 aliphatic heterocycles. The first-order valence-electron chi connectivity index (χ1n) is 6.99. The minimum atomic E-state index is -0.742. The molecule has 0 bridgehead atoms. The molecule has 0 heterocycles. The van der Waals surface area contributed by atoms with Gasteiger partial charge in [0.25, 0.3) is 0 Å². The van der Waals surface area contributed by atoms with Crippen LogP contribution in [-0.4, -0.2) is 46.6 Å². The predicted octanol–water partition coefficient (Wildman–Crippen LogP) is 1.28. The Kier molecular flexibility index (Phi) is 9.82. The first kappa shape index (κ1) is 20.1. The van der Waals surface area contributed by atoms with Gasteiger partial charge >= 0.3 is 11.9 Å². The van der Waals surface area contributed by atoms with E-state index in [0.29, 0.717) is 0 Å². The molecule has 2 N–H and O–H groups in total. The van der Waals surface area contributed by atoms with E-state index < -0.39 is 36.4 Å². The van der Waals surface area contributed by atoms with Crippen molar-refractivity contribution in [2.24, 2.45) is 0 Å². The molecule has 0 aliphatic carbocycles. The van der Waals surface area contributed by atoms with Gasteiger partial charge in [0, 0.05) is 25.0 Å². The van der Waals surface area contributed by atoms with E-state index in [4.69, 9.17) is 9.47 Å². The number of aliphatic hydroxyl groups excluding tert-OH is 2. The van der Waals surface area contributed by atoms with Crippen LogP contribution in [0.5, 0.6) is 0 Å². The van der Waals surface area contributed by atoms with E-state index in [1.54, 1.807) is 13.8 Å². The molecule has 0 fully saturated rings. The lowest BCUT2D eigenvalue weighted by atomic mass is 10.2. The third-order valence-corrected chi connectivity index (χ3v) is 2.56. The molecule has 0 aromatic heterocycles. The highest BCUT2D eigenvalue weighted by atomic mass is 16.5. The Balaban J connectivity index is 4.38. The van der Waals surface area contributed by atoms with Crippen LogP contribution in [0.2, 0.25) is 0 Å². The highest BCUT2D eigenvalue weighted by Gasteiger charge is 2.14. The van der Waals surface area contributed by atoms with Gasteiger partial charge in [-0.2, -0.15) is 0 Å². The molecular weight excluding hydrogens is 288 g/mol. The summed E-state index contributed by atoms with van der Waals surface area (Å²) in [6.45, 7) is 10.1. The van der Waals surface area contributed by atoms with Crippen LogP contribution in [0.1, 0.15) is 26.7 Å². The molecular formula is C16H24O6. The van der Waals surface area contributed by atoms with Gasteiger partial charge in [-0.05, 0) is 13.8 Å². The van der Waals surface area contributed by atoms with Crippen molar-refractivity contribution in [3.05, 3.63) is 37.5 Å². The Bertz CT molecular complexity index is 373. The second kappa shape index (κ2) is 10.8. The van der Waals surface area contributed by atoms with Crippen LogP contribution in [0.3, 0.4) is 0 Å². The Morgan fingerprint density at radius 2 is 1.23 bits per heavy atom. The maximum absolute atomic E-state index is 11.5. The number of esters is 2. The molecule has 22 heavy (non-hydrogen) atoms. The quantitative estimate of drug-likeness (QED) is 0.358. The fourth-order valence-corrected chi connectivity index (χ4v) is 1.57. The van der Waals surface area contributed by atoms with Crippen molar-refractivity contribution in [3.8, 4) is 0 Å². The molecule has 0 aliphatic rings. The average molecular weight is 312 g/mol. The minimum Gasteiger partial charge on any atom is -0.455 e. The highest BCUT2D eigenvalue weighted by molar-refractivity contribution is 5.91. The SMILES string of the molecule is C=CC(CC(C)O)OC(=O)/C=C/C(=O)OC(C=C)CC(C)O. The molecule has 0 radical (unpaired) electrons. The average Bonchev–Trinajstić information content (AvgIpc) is 2.42. The molecule has 0 aromatic carbocycles. The molecule has 0 spiro atoms. The largest absolute Gasteiger partial charge is 0.455 e. The van der Waals surface area contributed by atoms with Crippen molar-refractivity contribution in [2.45, 2.75) is 51.1 Å². The fraction of sp³-hybridized carbons (Fsp3) is 0.500. The standard InChI is InChI=1S/C16H24O6/c1-5-13(9-11(3)17)21-15(19)7-8-16(20)22-14(6-2)10-12(4)18/h5-8,11-14,17-18H,1-2,9-10H2,3-4H3/b8-7+. The summed E-state index contributed by atoms with van der Waals surface area (Å²) in [4.78, 5) is 23.1. The number of hydrogen-bond donors (Lipinski definition) is 2. The minimum absolute atomic E-state index is 0.223. The zero-order valence-corrected chi connectivity index (χ0v) is 13.0. The summed E-state index contributed by atoms with van der Waals surface area (Å²) in [5, 5.41) is 18.4. The van der Waals surface area contributed by atoms with Crippen molar-refractivity contribution in [1.82, 2.24) is 0 Å². The van der Waals surface area contributed by atoms with Gasteiger partial charge in [0.05, 0.1) is 12.2 Å². The van der Waals surface area contributed by atoms with Gasteiger partial charge < -0.3 is 19.7 Å². The Morgan fingerprint density at radius 1 is 0.909 bits per heavy atom. The summed E-state index contributed by atoms with van der Waals surface area (Å²) in [6.07, 6.45) is 2.55. The molecule has 124 valence electrons. The molecule has 0 rings (SSSR count). The van der Waals surface area contributed by atoms with Gasteiger partial charge in [-0.25, -0.2) is 9.59 Å². The first-order valence-corrected chi connectivity index (χ1v) is 6.99. The van der Waals surface area contributed by atoms with Gasteiger partial charge in [-0.3, -0.25) is 0 Å². The van der Waals surface area contributed by atoms with Crippen LogP contribution in [-0.2, 0) is 19.1 Å². The van der Waals surface area contributed by atoms with Crippen LogP contribution < -0.4 is 0 Å². The van der Waals surface area contributed by atoms with Crippen molar-refractivity contribution < 1.29 is 29.3 Å². The van der Waals surface area contributed by atoms with Gasteiger partial charge in [0.15, 0.2) is 0 Å². The Morgan fingerprint density at radius 3 is 1.45 bits per heavy atom. The summed E-state index contributed by atoms with van der Waals surface area (Å²) in [6, 6.07) is 0. The number of ether oxygens (including phenoxy) is 2. The van der Waals surface area contributed by atoms with Gasteiger partial charge in [-0.15, -0.1) is 0 Å². The van der Waals surface area contributed by atoms with Crippen LogP contribution >= 0.6 is 0 Å². The maximum atomic E-state index is 11.5. The van der Waals surface area contributed by atoms with E-state index in [1.807, 2.05) is 0 Å². The number of carbonyl (C=O) groups excluding carboxylic acids is 2. The molecule has 0 aromatic rings. The van der Waals surface area contributed by atoms with Crippen LogP contribution in [0.4, 0.5) is 0 Å². The van der Waals surface area contributed by atoms with E-state index in [2.05, 4.69) is 13.2 Å². The molecule has 0 saturated heterocycles. The van der Waals surface area contributed by atoms with Crippen LogP contribution in [0, 0.1) is 0 Å². The van der Waals surface area contributed by atoms with E-state index in [1.165, 1.54) is 12.2 Å². The lowest BCUT2D eigenvalue weighted by Crippen LogP contribution is -2.21. The number of aliphatic hydroxyl groups is 2. The first-order chi connectivity index (χ1) is 10.3. The topological polar surface area (TPSA) is 93.1 Å². The maximum Gasteiger partial charge on any atom is 0.331 e. The van der Waals surface area contributed by atoms with Crippen LogP contribution in [0.25, 0.3) is 0 Å². The molecule has 6 nitrogen and oxygen atoms in total. The second-order valence-electron chi connectivity index (χ2n) is 4.92. The molecule has 0 saturated carbocycles. The fourth-order valence-electron chi connectivity index (χ4n) is 1.57. The lowest BCUT2D eigenvalue weighted by Gasteiger charge is -2.15. The van der Waals surface area contributed by atoms with E-state index >= 15 is 0 Å². The van der Waals surface area contributed by atoms with Gasteiger partial charge in [0.2, 0.25) is 0 Å². The van der Waals surface area contributed by atoms with Crippen molar-refractivity contribution in [1.29, 1.82) is 0 Å². The van der Waals surface area contributed by atoms with E-state index in [9.17, 15) is 19.8 Å². The van der Waals surface area contributed by atoms with Gasteiger partial charge in [0.1, 0.15) is 12.2 Å². The zero-order valence-electron chi connectivity index (χ0n) is 13.0. The van der Waals surface area contributed by atoms with Crippen molar-refractivity contribution in [3.63, 3.8) is 0 Å². The van der Waals surface area contributed by atoms with Crippen molar-refractivity contribution in [2.75, 3.05) is 0 Å². The highest BCUT2D eigenvalue weighted by Crippen LogP contribution is 2.06. The summed E-state index contributed by atoms with van der Waals surface area (Å²) in [5.74, 6) is -1.48. The molecule has 4 atom stereocenters. The summed E-state index contributed by atoms with van der Waals surface area (Å²) < 4.78 is 9.97. The van der Waals surface area contributed by atoms with Crippen molar-refractivity contribution >= 4 is 11.9 Å². The third kappa shape index (κ3) is 9.90. The van der Waals surface area contributed by atoms with Crippen LogP contribution in [0.15, 0.2) is 37.5 Å². The molecule has 4 unspecified atom stereocenters. The Labute approximate surface area is 130 Å². The molecule has 6 heteroatoms. The van der Waals surface area contributed by atoms with E-state index in [-0.39, 0.29) is 12.8 Å². The predicted molar refractivity (Wildman–Crippen MR) is 81.9 cm³/mol. The summed E-state index contributed by atoms with van der Waals surface area (Å²) in [7, 11) is 0. The van der Waals surface area contributed by atoms with E-state index in [0.717, 1.165) is 12.2 Å². The summed E-state index contributed by atoms with van der Waals surface area (Å²) in [5.41, 5.74) is 0. The number of rotatable bonds is 10. The summed E-state index contributed by atoms with van der Waals surface area (Å²) >= 11 is 0. The van der Waals surface area contributed by atoms with Gasteiger partial charge in [-0.1, -0.05) is 25.3 Å². The normalized spacial score (nSPS) is 16.4. The number of carbonyl (C=O) groups is 2. The number of hydrogen-bond acceptors (Lipinski definition) is 6. The monoisotopic (exact) mass is 312 g/mol. The Hall–Kier alpha value is -1.92. The molecule has 0 amide bonds. The zero-order chi connectivity index (χ0) is 17.1.